The van der Waals surface area contributed by atoms with Gasteiger partial charge < -0.3 is 15.0 Å². The number of carbonyl (C=O) groups excluding carboxylic acids is 2. The molecular formula is C26H23ClN2O3. The molecule has 1 atom stereocenters. The largest absolute Gasteiger partial charge is 0.479 e. The third-order valence-electron chi connectivity index (χ3n) is 5.20. The van der Waals surface area contributed by atoms with Crippen LogP contribution >= 0.6 is 11.6 Å². The summed E-state index contributed by atoms with van der Waals surface area (Å²) in [6.07, 6.45) is 3.33. The fourth-order valence-electron chi connectivity index (χ4n) is 3.53. The molecule has 3 aromatic carbocycles. The van der Waals surface area contributed by atoms with Gasteiger partial charge in [-0.2, -0.15) is 0 Å². The third kappa shape index (κ3) is 5.18. The maximum atomic E-state index is 12.7. The Kier molecular flexibility index (Phi) is 6.57. The summed E-state index contributed by atoms with van der Waals surface area (Å²) >= 11 is 5.88. The van der Waals surface area contributed by atoms with Crippen LogP contribution in [0.5, 0.6) is 5.75 Å². The van der Waals surface area contributed by atoms with Crippen LogP contribution in [-0.2, 0) is 16.0 Å². The number of hydrogen-bond acceptors (Lipinski definition) is 3. The molecule has 0 saturated heterocycles. The Hall–Kier alpha value is -3.57. The van der Waals surface area contributed by atoms with Gasteiger partial charge in [-0.15, -0.1) is 0 Å². The number of rotatable bonds is 6. The highest BCUT2D eigenvalue weighted by Gasteiger charge is 2.31. The fourth-order valence-corrected chi connectivity index (χ4v) is 3.66. The van der Waals surface area contributed by atoms with E-state index >= 15 is 0 Å². The first kappa shape index (κ1) is 21.7. The molecule has 0 bridgehead atoms. The Labute approximate surface area is 192 Å². The van der Waals surface area contributed by atoms with Gasteiger partial charge in [0.25, 0.3) is 5.91 Å². The van der Waals surface area contributed by atoms with Gasteiger partial charge in [0.1, 0.15) is 5.75 Å². The number of anilines is 2. The highest BCUT2D eigenvalue weighted by Crippen LogP contribution is 2.36. The normalized spacial score (nSPS) is 15.4. The summed E-state index contributed by atoms with van der Waals surface area (Å²) < 4.78 is 5.82. The summed E-state index contributed by atoms with van der Waals surface area (Å²) in [5.74, 6) is 0.238. The second kappa shape index (κ2) is 9.71. The van der Waals surface area contributed by atoms with Gasteiger partial charge in [-0.25, -0.2) is 0 Å². The molecule has 32 heavy (non-hydrogen) atoms. The summed E-state index contributed by atoms with van der Waals surface area (Å²) in [4.78, 5) is 26.8. The van der Waals surface area contributed by atoms with E-state index in [4.69, 9.17) is 16.3 Å². The molecule has 2 amide bonds. The lowest BCUT2D eigenvalue weighted by Crippen LogP contribution is -2.45. The molecule has 1 heterocycles. The monoisotopic (exact) mass is 446 g/mol. The average molecular weight is 447 g/mol. The lowest BCUT2D eigenvalue weighted by molar-refractivity contribution is -0.125. The van der Waals surface area contributed by atoms with Crippen LogP contribution < -0.4 is 15.0 Å². The third-order valence-corrected chi connectivity index (χ3v) is 5.45. The number of carbonyl (C=O) groups is 2. The Balaban J connectivity index is 1.46. The van der Waals surface area contributed by atoms with Crippen molar-refractivity contribution in [1.29, 1.82) is 0 Å². The molecule has 3 aromatic rings. The van der Waals surface area contributed by atoms with Gasteiger partial charge in [-0.05, 0) is 54.8 Å². The molecular weight excluding hydrogens is 424 g/mol. The van der Waals surface area contributed by atoms with E-state index in [0.717, 1.165) is 17.5 Å². The molecule has 0 aliphatic carbocycles. The second-order valence-corrected chi connectivity index (χ2v) is 7.98. The molecule has 1 unspecified atom stereocenters. The highest BCUT2D eigenvalue weighted by molar-refractivity contribution is 6.30. The second-order valence-electron chi connectivity index (χ2n) is 7.54. The number of fused-ring (bicyclic) bond motifs is 1. The van der Waals surface area contributed by atoms with Crippen molar-refractivity contribution in [1.82, 2.24) is 0 Å². The maximum absolute atomic E-state index is 12.7. The van der Waals surface area contributed by atoms with E-state index in [0.29, 0.717) is 28.7 Å². The number of nitrogens with zero attached hydrogens (tertiary/aromatic N) is 1. The minimum absolute atomic E-state index is 0.0730. The number of ether oxygens (including phenoxy) is 1. The predicted molar refractivity (Wildman–Crippen MR) is 128 cm³/mol. The van der Waals surface area contributed by atoms with E-state index in [-0.39, 0.29) is 11.8 Å². The number of benzene rings is 3. The Bertz CT molecular complexity index is 1140. The molecule has 162 valence electrons. The quantitative estimate of drug-likeness (QED) is 0.519. The number of hydrogen-bond donors (Lipinski definition) is 1. The van der Waals surface area contributed by atoms with Crippen molar-refractivity contribution in [3.63, 3.8) is 0 Å². The van der Waals surface area contributed by atoms with E-state index in [1.54, 1.807) is 42.2 Å². The summed E-state index contributed by atoms with van der Waals surface area (Å²) in [6, 6.07) is 22.6. The van der Waals surface area contributed by atoms with Crippen LogP contribution in [-0.4, -0.2) is 24.5 Å². The van der Waals surface area contributed by atoms with E-state index in [1.807, 2.05) is 48.5 Å². The van der Waals surface area contributed by atoms with Gasteiger partial charge in [0.15, 0.2) is 6.10 Å². The zero-order chi connectivity index (χ0) is 22.5. The SMILES string of the molecule is CC1Oc2cc(NC(=O)/C=C/c3ccc(Cl)cc3)ccc2N(CCc2ccccc2)C1=O. The first-order valence-electron chi connectivity index (χ1n) is 10.4. The van der Waals surface area contributed by atoms with Gasteiger partial charge in [-0.3, -0.25) is 9.59 Å². The van der Waals surface area contributed by atoms with Gasteiger partial charge in [0.05, 0.1) is 5.69 Å². The van der Waals surface area contributed by atoms with Gasteiger partial charge in [0, 0.05) is 29.4 Å². The van der Waals surface area contributed by atoms with Crippen LogP contribution in [0.25, 0.3) is 6.08 Å². The van der Waals surface area contributed by atoms with Crippen LogP contribution in [0.1, 0.15) is 18.1 Å². The van der Waals surface area contributed by atoms with Crippen molar-refractivity contribution < 1.29 is 14.3 Å². The smallest absolute Gasteiger partial charge is 0.267 e. The predicted octanol–water partition coefficient (Wildman–Crippen LogP) is 5.35. The van der Waals surface area contributed by atoms with Crippen LogP contribution in [0.3, 0.4) is 0 Å². The molecule has 0 spiro atoms. The van der Waals surface area contributed by atoms with Gasteiger partial charge in [0.2, 0.25) is 5.91 Å². The Morgan fingerprint density at radius 2 is 1.84 bits per heavy atom. The van der Waals surface area contributed by atoms with E-state index in [9.17, 15) is 9.59 Å². The van der Waals surface area contributed by atoms with Crippen molar-refractivity contribution in [2.24, 2.45) is 0 Å². The first-order valence-corrected chi connectivity index (χ1v) is 10.8. The van der Waals surface area contributed by atoms with E-state index < -0.39 is 6.10 Å². The topological polar surface area (TPSA) is 58.6 Å². The number of nitrogens with one attached hydrogen (secondary N) is 1. The maximum Gasteiger partial charge on any atom is 0.267 e. The molecule has 1 aliphatic rings. The molecule has 1 N–H and O–H groups in total. The molecule has 0 fully saturated rings. The number of amides is 2. The molecule has 0 radical (unpaired) electrons. The van der Waals surface area contributed by atoms with Crippen LogP contribution in [0.15, 0.2) is 78.9 Å². The lowest BCUT2D eigenvalue weighted by Gasteiger charge is -2.33. The molecule has 0 saturated carbocycles. The summed E-state index contributed by atoms with van der Waals surface area (Å²) in [5.41, 5.74) is 3.34. The van der Waals surface area contributed by atoms with Crippen molar-refractivity contribution in [3.8, 4) is 5.75 Å². The fraction of sp³-hybridized carbons (Fsp3) is 0.154. The molecule has 0 aromatic heterocycles. The van der Waals surface area contributed by atoms with Gasteiger partial charge >= 0.3 is 0 Å². The van der Waals surface area contributed by atoms with Crippen LogP contribution in [0, 0.1) is 0 Å². The highest BCUT2D eigenvalue weighted by atomic mass is 35.5. The zero-order valence-corrected chi connectivity index (χ0v) is 18.4. The first-order chi connectivity index (χ1) is 15.5. The minimum atomic E-state index is -0.589. The lowest BCUT2D eigenvalue weighted by atomic mass is 10.1. The summed E-state index contributed by atoms with van der Waals surface area (Å²) in [5, 5.41) is 3.48. The Morgan fingerprint density at radius 3 is 2.59 bits per heavy atom. The van der Waals surface area contributed by atoms with Crippen molar-refractivity contribution in [3.05, 3.63) is 95.0 Å². The summed E-state index contributed by atoms with van der Waals surface area (Å²) in [7, 11) is 0. The van der Waals surface area contributed by atoms with E-state index in [2.05, 4.69) is 5.32 Å². The standard InChI is InChI=1S/C26H23ClN2O3/c1-18-26(31)29(16-15-19-5-3-2-4-6-19)23-13-12-22(17-24(23)32-18)28-25(30)14-9-20-7-10-21(27)11-8-20/h2-14,17-18H,15-16H2,1H3,(H,28,30)/b14-9+. The van der Waals surface area contributed by atoms with Crippen LogP contribution in [0.2, 0.25) is 5.02 Å². The molecule has 5 nitrogen and oxygen atoms in total. The average Bonchev–Trinajstić information content (AvgIpc) is 2.80. The number of halogens is 1. The zero-order valence-electron chi connectivity index (χ0n) is 17.6. The summed E-state index contributed by atoms with van der Waals surface area (Å²) in [6.45, 7) is 2.29. The van der Waals surface area contributed by atoms with E-state index in [1.165, 1.54) is 6.08 Å². The van der Waals surface area contributed by atoms with Crippen molar-refractivity contribution >= 4 is 40.9 Å². The molecule has 1 aliphatic heterocycles. The minimum Gasteiger partial charge on any atom is -0.479 e. The molecule has 6 heteroatoms. The van der Waals surface area contributed by atoms with Crippen molar-refractivity contribution in [2.75, 3.05) is 16.8 Å². The molecule has 4 rings (SSSR count). The Morgan fingerprint density at radius 1 is 1.09 bits per heavy atom. The van der Waals surface area contributed by atoms with Crippen molar-refractivity contribution in [2.45, 2.75) is 19.4 Å². The van der Waals surface area contributed by atoms with Gasteiger partial charge in [-0.1, -0.05) is 54.1 Å². The van der Waals surface area contributed by atoms with Crippen LogP contribution in [0.4, 0.5) is 11.4 Å².